The van der Waals surface area contributed by atoms with Crippen molar-refractivity contribution in [3.63, 3.8) is 0 Å². The lowest BCUT2D eigenvalue weighted by Gasteiger charge is -2.14. The van der Waals surface area contributed by atoms with Crippen molar-refractivity contribution in [3.05, 3.63) is 38.2 Å². The highest BCUT2D eigenvalue weighted by molar-refractivity contribution is 8.09. The number of aliphatic hydroxyl groups excluding tert-OH is 1. The van der Waals surface area contributed by atoms with Crippen LogP contribution in [0.3, 0.4) is 0 Å². The first-order valence-electron chi connectivity index (χ1n) is 6.64. The van der Waals surface area contributed by atoms with Gasteiger partial charge in [0.1, 0.15) is 0 Å². The molecule has 2 atom stereocenters. The summed E-state index contributed by atoms with van der Waals surface area (Å²) in [5.41, 5.74) is -0.727. The summed E-state index contributed by atoms with van der Waals surface area (Å²) in [6, 6.07) is -0.630. The molecule has 4 N–H and O–H groups in total. The molecule has 0 aliphatic heterocycles. The number of carbonyl (C=O) groups is 1. The van der Waals surface area contributed by atoms with Crippen LogP contribution in [0, 0.1) is 6.92 Å². The fraction of sp³-hybridized carbons (Fsp3) is 0.462. The van der Waals surface area contributed by atoms with Crippen LogP contribution in [-0.2, 0) is 15.6 Å². The van der Waals surface area contributed by atoms with Crippen molar-refractivity contribution in [2.75, 3.05) is 23.7 Å². The van der Waals surface area contributed by atoms with Gasteiger partial charge in [-0.15, -0.1) is 0 Å². The molecule has 0 radical (unpaired) electrons. The lowest BCUT2D eigenvalue weighted by molar-refractivity contribution is -0.117. The third kappa shape index (κ3) is 6.55. The fourth-order valence-corrected chi connectivity index (χ4v) is 3.84. The maximum atomic E-state index is 11.8. The van der Waals surface area contributed by atoms with Crippen LogP contribution in [0.15, 0.2) is 15.7 Å². The van der Waals surface area contributed by atoms with E-state index in [4.69, 9.17) is 0 Å². The normalized spacial score (nSPS) is 13.9. The number of rotatable bonds is 8. The molecule has 0 aliphatic carbocycles. The summed E-state index contributed by atoms with van der Waals surface area (Å²) in [6.45, 7) is 1.20. The Morgan fingerprint density at radius 2 is 2.13 bits per heavy atom. The van der Waals surface area contributed by atoms with E-state index in [9.17, 15) is 23.7 Å². The number of hydrogen-bond donors (Lipinski definition) is 4. The van der Waals surface area contributed by atoms with Gasteiger partial charge in [-0.3, -0.25) is 18.8 Å². The number of aromatic amines is 2. The summed E-state index contributed by atoms with van der Waals surface area (Å²) in [5.74, 6) is -0.384. The number of amides is 1. The summed E-state index contributed by atoms with van der Waals surface area (Å²) >= 11 is 1.42. The third-order valence-corrected chi connectivity index (χ3v) is 5.55. The average molecular weight is 361 g/mol. The zero-order valence-corrected chi connectivity index (χ0v) is 14.4. The van der Waals surface area contributed by atoms with Gasteiger partial charge in [-0.2, -0.15) is 11.8 Å². The smallest absolute Gasteiger partial charge is 0.325 e. The molecule has 23 heavy (non-hydrogen) atoms. The number of aryl methyl sites for hydroxylation is 1. The van der Waals surface area contributed by atoms with Gasteiger partial charge >= 0.3 is 5.69 Å². The Morgan fingerprint density at radius 1 is 1.43 bits per heavy atom. The Hall–Kier alpha value is -1.65. The number of nitrogens with one attached hydrogen (secondary N) is 3. The lowest BCUT2D eigenvalue weighted by atomic mass is 10.2. The molecule has 0 saturated carbocycles. The summed E-state index contributed by atoms with van der Waals surface area (Å²) < 4.78 is 11.6. The molecule has 0 aromatic carbocycles. The molecule has 0 spiro atoms. The average Bonchev–Trinajstić information content (AvgIpc) is 2.45. The summed E-state index contributed by atoms with van der Waals surface area (Å²) in [6.07, 6.45) is 4.21. The highest BCUT2D eigenvalue weighted by Crippen LogP contribution is 2.00. The van der Waals surface area contributed by atoms with Crippen LogP contribution in [0.5, 0.6) is 0 Å². The predicted molar refractivity (Wildman–Crippen MR) is 91.9 cm³/mol. The van der Waals surface area contributed by atoms with E-state index >= 15 is 0 Å². The number of carbonyl (C=O) groups excluding carboxylic acids is 1. The van der Waals surface area contributed by atoms with E-state index < -0.39 is 34.0 Å². The Kier molecular flexibility index (Phi) is 8.00. The van der Waals surface area contributed by atoms with Gasteiger partial charge in [0.25, 0.3) is 5.56 Å². The molecule has 1 heterocycles. The summed E-state index contributed by atoms with van der Waals surface area (Å²) in [7, 11) is -1.15. The number of aromatic nitrogens is 2. The van der Waals surface area contributed by atoms with E-state index in [1.54, 1.807) is 0 Å². The monoisotopic (exact) mass is 361 g/mol. The molecular formula is C13H19N3O5S2. The number of thioether (sulfide) groups is 1. The minimum atomic E-state index is -1.15. The van der Waals surface area contributed by atoms with Gasteiger partial charge in [-0.25, -0.2) is 4.79 Å². The van der Waals surface area contributed by atoms with Gasteiger partial charge < -0.3 is 15.4 Å². The Labute approximate surface area is 139 Å². The molecule has 8 nitrogen and oxygen atoms in total. The van der Waals surface area contributed by atoms with Crippen molar-refractivity contribution in [2.24, 2.45) is 0 Å². The van der Waals surface area contributed by atoms with Crippen molar-refractivity contribution in [3.8, 4) is 0 Å². The van der Waals surface area contributed by atoms with Gasteiger partial charge in [0, 0.05) is 28.3 Å². The molecule has 1 aromatic rings. The maximum Gasteiger partial charge on any atom is 0.325 e. The standard InChI is InChI=1S/C13H19N3O5S2/c1-8-10(12(19)16-13(20)14-8)3-4-11(18)15-9(5-17)6-23(21)7-22-2/h3-4,9,17H,5-7H2,1-2H3,(H,15,18)(H2,14,16,19,20)/b4-3+/t9-,23-/m1/s1. The Bertz CT molecular complexity index is 710. The van der Waals surface area contributed by atoms with E-state index in [1.807, 2.05) is 6.26 Å². The maximum absolute atomic E-state index is 11.8. The van der Waals surface area contributed by atoms with E-state index in [1.165, 1.54) is 24.8 Å². The van der Waals surface area contributed by atoms with Crippen LogP contribution in [0.2, 0.25) is 0 Å². The van der Waals surface area contributed by atoms with Gasteiger partial charge in [0.2, 0.25) is 5.91 Å². The van der Waals surface area contributed by atoms with E-state index in [0.29, 0.717) is 10.8 Å². The van der Waals surface area contributed by atoms with Gasteiger partial charge in [-0.05, 0) is 19.3 Å². The second-order valence-electron chi connectivity index (χ2n) is 4.68. The minimum Gasteiger partial charge on any atom is -0.394 e. The molecule has 0 saturated heterocycles. The highest BCUT2D eigenvalue weighted by Gasteiger charge is 2.13. The molecule has 1 rings (SSSR count). The van der Waals surface area contributed by atoms with Crippen molar-refractivity contribution in [1.29, 1.82) is 0 Å². The number of aliphatic hydroxyl groups is 1. The van der Waals surface area contributed by atoms with Crippen LogP contribution in [0.1, 0.15) is 11.3 Å². The Morgan fingerprint density at radius 3 is 2.70 bits per heavy atom. The van der Waals surface area contributed by atoms with Gasteiger partial charge in [0.15, 0.2) is 0 Å². The second kappa shape index (κ2) is 9.48. The molecule has 128 valence electrons. The molecular weight excluding hydrogens is 342 g/mol. The van der Waals surface area contributed by atoms with Gasteiger partial charge in [0.05, 0.1) is 23.3 Å². The summed E-state index contributed by atoms with van der Waals surface area (Å²) in [4.78, 5) is 39.0. The molecule has 0 bridgehead atoms. The van der Waals surface area contributed by atoms with Crippen LogP contribution in [0.4, 0.5) is 0 Å². The van der Waals surface area contributed by atoms with Crippen molar-refractivity contribution >= 4 is 34.5 Å². The topological polar surface area (TPSA) is 132 Å². The molecule has 1 aromatic heterocycles. The highest BCUT2D eigenvalue weighted by atomic mass is 32.2. The minimum absolute atomic E-state index is 0.148. The quantitative estimate of drug-likeness (QED) is 0.436. The predicted octanol–water partition coefficient (Wildman–Crippen LogP) is -1.07. The van der Waals surface area contributed by atoms with Crippen LogP contribution >= 0.6 is 11.8 Å². The van der Waals surface area contributed by atoms with E-state index in [-0.39, 0.29) is 17.9 Å². The SMILES string of the molecule is CSC[S@](=O)C[C@@H](CO)NC(=O)/C=C/c1c(C)[nH]c(=O)[nH]c1=O. The van der Waals surface area contributed by atoms with Gasteiger partial charge in [-0.1, -0.05) is 0 Å². The van der Waals surface area contributed by atoms with Crippen LogP contribution < -0.4 is 16.6 Å². The molecule has 1 amide bonds. The first kappa shape index (κ1) is 19.4. The van der Waals surface area contributed by atoms with E-state index in [0.717, 1.165) is 6.08 Å². The molecule has 0 aliphatic rings. The van der Waals surface area contributed by atoms with Crippen LogP contribution in [-0.4, -0.2) is 54.9 Å². The van der Waals surface area contributed by atoms with Crippen molar-refractivity contribution in [2.45, 2.75) is 13.0 Å². The summed E-state index contributed by atoms with van der Waals surface area (Å²) in [5, 5.41) is 12.2. The number of H-pyrrole nitrogens is 2. The molecule has 10 heteroatoms. The van der Waals surface area contributed by atoms with Crippen LogP contribution in [0.25, 0.3) is 6.08 Å². The third-order valence-electron chi connectivity index (χ3n) is 2.78. The second-order valence-corrected chi connectivity index (χ2v) is 7.41. The molecule has 0 unspecified atom stereocenters. The fourth-order valence-electron chi connectivity index (χ4n) is 1.76. The number of hydrogen-bond acceptors (Lipinski definition) is 6. The zero-order chi connectivity index (χ0) is 17.4. The van der Waals surface area contributed by atoms with E-state index in [2.05, 4.69) is 15.3 Å². The lowest BCUT2D eigenvalue weighted by Crippen LogP contribution is -2.40. The largest absolute Gasteiger partial charge is 0.394 e. The Balaban J connectivity index is 2.74. The van der Waals surface area contributed by atoms with Crippen molar-refractivity contribution in [1.82, 2.24) is 15.3 Å². The first-order valence-corrected chi connectivity index (χ1v) is 9.52. The van der Waals surface area contributed by atoms with Crippen molar-refractivity contribution < 1.29 is 14.1 Å². The first-order chi connectivity index (χ1) is 10.9. The zero-order valence-electron chi connectivity index (χ0n) is 12.8. The molecule has 0 fully saturated rings.